The lowest BCUT2D eigenvalue weighted by Crippen LogP contribution is -2.48. The van der Waals surface area contributed by atoms with Crippen molar-refractivity contribution in [1.82, 2.24) is 4.90 Å². The Morgan fingerprint density at radius 3 is 2.00 bits per heavy atom. The molecule has 1 atom stereocenters. The fourth-order valence-corrected chi connectivity index (χ4v) is 4.16. The van der Waals surface area contributed by atoms with Crippen LogP contribution in [0.15, 0.2) is 89.8 Å². The Balaban J connectivity index is 1.68. The second-order valence-electron chi connectivity index (χ2n) is 9.08. The normalized spacial score (nSPS) is 12.0. The molecule has 1 unspecified atom stereocenters. The minimum atomic E-state index is -0.718. The molecule has 3 rings (SSSR count). The molecule has 3 aromatic carbocycles. The lowest BCUT2D eigenvalue weighted by molar-refractivity contribution is -0.120. The number of nitrogens with one attached hydrogen (secondary N) is 1. The lowest BCUT2D eigenvalue weighted by atomic mass is 10.0. The maximum atomic E-state index is 13.3. The monoisotopic (exact) mass is 476 g/mol. The molecular weight excluding hydrogens is 444 g/mol. The number of benzene rings is 3. The summed E-state index contributed by atoms with van der Waals surface area (Å²) in [4.78, 5) is 28.5. The lowest BCUT2D eigenvalue weighted by Gasteiger charge is -2.30. The molecule has 0 heterocycles. The second-order valence-corrected chi connectivity index (χ2v) is 10.1. The number of anilines is 1. The molecule has 0 bridgehead atoms. The summed E-state index contributed by atoms with van der Waals surface area (Å²) in [6.07, 6.45) is -0.149. The molecular formula is C28H32N2O3S. The van der Waals surface area contributed by atoms with Crippen molar-refractivity contribution in [1.29, 1.82) is 0 Å². The molecule has 0 aliphatic heterocycles. The summed E-state index contributed by atoms with van der Waals surface area (Å²) in [5, 5.41) is 2.96. The van der Waals surface area contributed by atoms with Crippen LogP contribution >= 0.6 is 11.8 Å². The van der Waals surface area contributed by atoms with Gasteiger partial charge in [0.1, 0.15) is 11.6 Å². The first-order valence-electron chi connectivity index (χ1n) is 11.3. The van der Waals surface area contributed by atoms with Crippen LogP contribution in [0.4, 0.5) is 10.5 Å². The van der Waals surface area contributed by atoms with E-state index in [1.54, 1.807) is 18.8 Å². The third kappa shape index (κ3) is 7.96. The van der Waals surface area contributed by atoms with E-state index in [0.717, 1.165) is 16.2 Å². The zero-order valence-corrected chi connectivity index (χ0v) is 21.0. The number of amides is 2. The Labute approximate surface area is 206 Å². The van der Waals surface area contributed by atoms with Crippen LogP contribution in [-0.4, -0.2) is 35.6 Å². The Morgan fingerprint density at radius 1 is 0.882 bits per heavy atom. The first-order chi connectivity index (χ1) is 16.2. The van der Waals surface area contributed by atoms with E-state index in [4.69, 9.17) is 4.74 Å². The van der Waals surface area contributed by atoms with E-state index in [0.29, 0.717) is 12.1 Å². The van der Waals surface area contributed by atoms with Crippen LogP contribution in [0, 0.1) is 0 Å². The highest BCUT2D eigenvalue weighted by molar-refractivity contribution is 7.98. The number of hydrogen-bond acceptors (Lipinski definition) is 4. The summed E-state index contributed by atoms with van der Waals surface area (Å²) in [6, 6.07) is 27.0. The molecule has 1 N–H and O–H groups in total. The van der Waals surface area contributed by atoms with E-state index in [1.165, 1.54) is 10.5 Å². The van der Waals surface area contributed by atoms with Crippen molar-refractivity contribution in [3.63, 3.8) is 0 Å². The number of rotatable bonds is 8. The topological polar surface area (TPSA) is 58.6 Å². The second kappa shape index (κ2) is 11.7. The highest BCUT2D eigenvalue weighted by atomic mass is 32.2. The molecule has 0 radical (unpaired) electrons. The molecule has 34 heavy (non-hydrogen) atoms. The van der Waals surface area contributed by atoms with Gasteiger partial charge in [0.05, 0.1) is 0 Å². The Morgan fingerprint density at radius 2 is 1.44 bits per heavy atom. The van der Waals surface area contributed by atoms with Gasteiger partial charge in [0.2, 0.25) is 5.91 Å². The van der Waals surface area contributed by atoms with Crippen LogP contribution in [0.3, 0.4) is 0 Å². The number of carbonyl (C=O) groups excluding carboxylic acids is 2. The van der Waals surface area contributed by atoms with Crippen LogP contribution in [0.1, 0.15) is 31.9 Å². The summed E-state index contributed by atoms with van der Waals surface area (Å²) >= 11 is 1.74. The number of thioether (sulfide) groups is 1. The third-order valence-electron chi connectivity index (χ3n) is 5.09. The van der Waals surface area contributed by atoms with Gasteiger partial charge >= 0.3 is 6.09 Å². The van der Waals surface area contributed by atoms with Crippen molar-refractivity contribution >= 4 is 29.4 Å². The maximum absolute atomic E-state index is 13.3. The van der Waals surface area contributed by atoms with E-state index in [1.807, 2.05) is 93.6 Å². The van der Waals surface area contributed by atoms with E-state index < -0.39 is 17.7 Å². The summed E-state index contributed by atoms with van der Waals surface area (Å²) in [5.41, 5.74) is 2.26. The van der Waals surface area contributed by atoms with Crippen molar-refractivity contribution in [2.45, 2.75) is 49.5 Å². The molecule has 0 spiro atoms. The van der Waals surface area contributed by atoms with Gasteiger partial charge in [-0.15, -0.1) is 11.8 Å². The third-order valence-corrected chi connectivity index (χ3v) is 6.18. The van der Waals surface area contributed by atoms with Gasteiger partial charge in [-0.05, 0) is 56.2 Å². The molecule has 0 fully saturated rings. The first-order valence-corrected chi connectivity index (χ1v) is 12.3. The molecule has 178 valence electrons. The van der Waals surface area contributed by atoms with Gasteiger partial charge in [-0.2, -0.15) is 0 Å². The predicted octanol–water partition coefficient (Wildman–Crippen LogP) is 6.40. The molecule has 0 aliphatic rings. The van der Waals surface area contributed by atoms with Crippen LogP contribution in [0.25, 0.3) is 0 Å². The van der Waals surface area contributed by atoms with Gasteiger partial charge in [0.25, 0.3) is 0 Å². The van der Waals surface area contributed by atoms with Gasteiger partial charge in [-0.3, -0.25) is 9.69 Å². The largest absolute Gasteiger partial charge is 0.444 e. The van der Waals surface area contributed by atoms with Gasteiger partial charge in [0, 0.05) is 29.8 Å². The maximum Gasteiger partial charge on any atom is 0.410 e. The van der Waals surface area contributed by atoms with Crippen molar-refractivity contribution in [2.75, 3.05) is 12.4 Å². The summed E-state index contributed by atoms with van der Waals surface area (Å²) < 4.78 is 5.50. The van der Waals surface area contributed by atoms with Crippen molar-refractivity contribution in [3.05, 3.63) is 96.1 Å². The predicted molar refractivity (Wildman–Crippen MR) is 139 cm³/mol. The Bertz CT molecular complexity index is 1060. The summed E-state index contributed by atoms with van der Waals surface area (Å²) in [6.45, 7) is 5.42. The molecule has 0 aliphatic carbocycles. The van der Waals surface area contributed by atoms with Crippen molar-refractivity contribution < 1.29 is 14.3 Å². The molecule has 0 saturated carbocycles. The van der Waals surface area contributed by atoms with E-state index in [9.17, 15) is 9.59 Å². The molecule has 5 nitrogen and oxygen atoms in total. The van der Waals surface area contributed by atoms with Crippen LogP contribution in [0.2, 0.25) is 0 Å². The van der Waals surface area contributed by atoms with Crippen molar-refractivity contribution in [3.8, 4) is 0 Å². The number of likely N-dealkylation sites (N-methyl/N-ethyl adjacent to an activating group) is 1. The average Bonchev–Trinajstić information content (AvgIpc) is 2.82. The standard InChI is InChI=1S/C28H32N2O3S/c1-28(2,3)33-27(32)30(4)25(19-21-11-7-5-8-12-21)26(31)29-23-15-17-24(18-16-23)34-20-22-13-9-6-10-14-22/h5-18,25H,19-20H2,1-4H3,(H,29,31). The first kappa shape index (κ1) is 25.4. The SMILES string of the molecule is CN(C(=O)OC(C)(C)C)C(Cc1ccccc1)C(=O)Nc1ccc(SCc2ccccc2)cc1. The van der Waals surface area contributed by atoms with Crippen molar-refractivity contribution in [2.24, 2.45) is 0 Å². The molecule has 6 heteroatoms. The molecule has 3 aromatic rings. The smallest absolute Gasteiger partial charge is 0.410 e. The van der Waals surface area contributed by atoms with Gasteiger partial charge in [-0.25, -0.2) is 4.79 Å². The van der Waals surface area contributed by atoms with Gasteiger partial charge in [-0.1, -0.05) is 60.7 Å². The van der Waals surface area contributed by atoms with Gasteiger partial charge in [0.15, 0.2) is 0 Å². The Hall–Kier alpha value is -3.25. The number of hydrogen-bond donors (Lipinski definition) is 1. The number of nitrogens with zero attached hydrogens (tertiary/aromatic N) is 1. The van der Waals surface area contributed by atoms with Crippen LogP contribution < -0.4 is 5.32 Å². The summed E-state index contributed by atoms with van der Waals surface area (Å²) in [7, 11) is 1.60. The summed E-state index contributed by atoms with van der Waals surface area (Å²) in [5.74, 6) is 0.619. The fraction of sp³-hybridized carbons (Fsp3) is 0.286. The quantitative estimate of drug-likeness (QED) is 0.383. The minimum Gasteiger partial charge on any atom is -0.444 e. The number of ether oxygens (including phenoxy) is 1. The molecule has 0 aromatic heterocycles. The average molecular weight is 477 g/mol. The zero-order valence-electron chi connectivity index (χ0n) is 20.2. The van der Waals surface area contributed by atoms with Crippen LogP contribution in [-0.2, 0) is 21.7 Å². The van der Waals surface area contributed by atoms with Gasteiger partial charge < -0.3 is 10.1 Å². The highest BCUT2D eigenvalue weighted by Gasteiger charge is 2.30. The number of carbonyl (C=O) groups is 2. The fourth-order valence-electron chi connectivity index (χ4n) is 3.30. The molecule has 2 amide bonds. The Kier molecular flexibility index (Phi) is 8.77. The zero-order chi connectivity index (χ0) is 24.6. The highest BCUT2D eigenvalue weighted by Crippen LogP contribution is 2.24. The van der Waals surface area contributed by atoms with E-state index >= 15 is 0 Å². The van der Waals surface area contributed by atoms with E-state index in [-0.39, 0.29) is 5.91 Å². The molecule has 0 saturated heterocycles. The van der Waals surface area contributed by atoms with Crippen LogP contribution in [0.5, 0.6) is 0 Å². The van der Waals surface area contributed by atoms with E-state index in [2.05, 4.69) is 17.4 Å². The minimum absolute atomic E-state index is 0.262.